The van der Waals surface area contributed by atoms with Crippen LogP contribution in [0.3, 0.4) is 0 Å². The van der Waals surface area contributed by atoms with Crippen molar-refractivity contribution < 1.29 is 22.7 Å². The Morgan fingerprint density at radius 3 is 2.37 bits per heavy atom. The molecule has 2 N–H and O–H groups in total. The van der Waals surface area contributed by atoms with E-state index in [-0.39, 0.29) is 11.5 Å². The van der Waals surface area contributed by atoms with Crippen LogP contribution in [0, 0.1) is 12.3 Å². The van der Waals surface area contributed by atoms with E-state index in [0.29, 0.717) is 12.8 Å². The molecular formula is C19H23Cl3N2O5S. The zero-order valence-electron chi connectivity index (χ0n) is 16.3. The first-order valence-electron chi connectivity index (χ1n) is 9.22. The molecule has 0 heterocycles. The average Bonchev–Trinajstić information content (AvgIpc) is 2.65. The van der Waals surface area contributed by atoms with Gasteiger partial charge in [-0.3, -0.25) is 5.41 Å². The number of benzene rings is 1. The minimum Gasteiger partial charge on any atom is -0.474 e. The third-order valence-electron chi connectivity index (χ3n) is 4.55. The zero-order chi connectivity index (χ0) is 22.4. The van der Waals surface area contributed by atoms with Gasteiger partial charge in [-0.1, -0.05) is 58.9 Å². The van der Waals surface area contributed by atoms with E-state index >= 15 is 0 Å². The minimum atomic E-state index is -4.05. The van der Waals surface area contributed by atoms with Crippen LogP contribution < -0.4 is 4.72 Å². The van der Waals surface area contributed by atoms with Crippen molar-refractivity contribution in [1.82, 2.24) is 4.72 Å². The largest absolute Gasteiger partial charge is 0.474 e. The fraction of sp³-hybridized carbons (Fsp3) is 0.474. The third kappa shape index (κ3) is 7.34. The number of hydrogen-bond acceptors (Lipinski definition) is 6. The van der Waals surface area contributed by atoms with Crippen LogP contribution in [-0.4, -0.2) is 36.4 Å². The van der Waals surface area contributed by atoms with Crippen LogP contribution in [0.2, 0.25) is 0 Å². The minimum absolute atomic E-state index is 0.0306. The Morgan fingerprint density at radius 1 is 1.20 bits per heavy atom. The van der Waals surface area contributed by atoms with Crippen LogP contribution in [0.4, 0.5) is 4.79 Å². The van der Waals surface area contributed by atoms with Gasteiger partial charge in [0.25, 0.3) is 13.8 Å². The van der Waals surface area contributed by atoms with Gasteiger partial charge in [0.05, 0.1) is 4.90 Å². The number of ether oxygens (including phenoxy) is 2. The van der Waals surface area contributed by atoms with Gasteiger partial charge in [-0.25, -0.2) is 17.9 Å². The summed E-state index contributed by atoms with van der Waals surface area (Å²) in [5.41, 5.74) is -0.0794. The van der Waals surface area contributed by atoms with Gasteiger partial charge in [0.2, 0.25) is 5.90 Å². The molecule has 0 spiro atoms. The summed E-state index contributed by atoms with van der Waals surface area (Å²) in [4.78, 5) is 12.4. The maximum absolute atomic E-state index is 12.4. The summed E-state index contributed by atoms with van der Waals surface area (Å²) in [7, 11) is -4.05. The maximum atomic E-state index is 12.4. The molecule has 1 aliphatic rings. The summed E-state index contributed by atoms with van der Waals surface area (Å²) in [5.74, 6) is -0.530. The number of sulfonamides is 1. The van der Waals surface area contributed by atoms with Gasteiger partial charge in [0.15, 0.2) is 0 Å². The molecule has 0 atom stereocenters. The second kappa shape index (κ2) is 10.2. The molecule has 0 unspecified atom stereocenters. The highest BCUT2D eigenvalue weighted by Gasteiger charge is 2.35. The quantitative estimate of drug-likeness (QED) is 0.248. The smallest absolute Gasteiger partial charge is 0.422 e. The van der Waals surface area contributed by atoms with Crippen molar-refractivity contribution in [3.8, 4) is 0 Å². The fourth-order valence-electron chi connectivity index (χ4n) is 3.02. The number of carbonyl (C=O) groups is 1. The first-order chi connectivity index (χ1) is 13.9. The first kappa shape index (κ1) is 24.8. The molecule has 0 aromatic heterocycles. The third-order valence-corrected chi connectivity index (χ3v) is 6.39. The molecule has 0 aliphatic heterocycles. The topological polar surface area (TPSA) is 106 Å². The number of hydrogen-bond donors (Lipinski definition) is 2. The Hall–Kier alpha value is -1.48. The van der Waals surface area contributed by atoms with Gasteiger partial charge in [0.1, 0.15) is 12.2 Å². The zero-order valence-corrected chi connectivity index (χ0v) is 19.4. The highest BCUT2D eigenvalue weighted by Crippen LogP contribution is 2.33. The van der Waals surface area contributed by atoms with Gasteiger partial charge in [-0.2, -0.15) is 0 Å². The number of nitrogens with one attached hydrogen (secondary N) is 2. The molecule has 11 heteroatoms. The van der Waals surface area contributed by atoms with Crippen molar-refractivity contribution in [2.45, 2.75) is 53.3 Å². The van der Waals surface area contributed by atoms with E-state index in [2.05, 4.69) is 0 Å². The van der Waals surface area contributed by atoms with Crippen LogP contribution in [0.25, 0.3) is 0 Å². The summed E-state index contributed by atoms with van der Waals surface area (Å²) in [6.45, 7) is 1.76. The van der Waals surface area contributed by atoms with Crippen LogP contribution >= 0.6 is 34.8 Å². The Kier molecular flexibility index (Phi) is 8.44. The summed E-state index contributed by atoms with van der Waals surface area (Å²) in [5, 5.41) is 7.50. The monoisotopic (exact) mass is 496 g/mol. The molecule has 1 fully saturated rings. The average molecular weight is 498 g/mol. The molecule has 2 rings (SSSR count). The Labute approximate surface area is 191 Å². The van der Waals surface area contributed by atoms with Crippen molar-refractivity contribution in [2.75, 3.05) is 6.61 Å². The van der Waals surface area contributed by atoms with E-state index < -0.39 is 31.4 Å². The molecule has 30 heavy (non-hydrogen) atoms. The van der Waals surface area contributed by atoms with Gasteiger partial charge >= 0.3 is 6.09 Å². The van der Waals surface area contributed by atoms with Crippen LogP contribution in [0.5, 0.6) is 0 Å². The lowest BCUT2D eigenvalue weighted by molar-refractivity contribution is 0.0232. The lowest BCUT2D eigenvalue weighted by Gasteiger charge is -2.34. The number of amides is 1. The van der Waals surface area contributed by atoms with Crippen molar-refractivity contribution in [2.24, 2.45) is 0 Å². The molecule has 7 nitrogen and oxygen atoms in total. The number of aryl methyl sites for hydroxylation is 1. The Morgan fingerprint density at radius 2 is 1.80 bits per heavy atom. The molecule has 1 aromatic carbocycles. The standard InChI is InChI=1S/C19H23Cl3N2O5S/c1-14-6-8-15(9-7-14)30(26,27)24-17(25)29-18(10-3-2-4-11-18)12-5-13-28-16(23)19(20,21)22/h5-9,12,23H,2-4,10-11,13H2,1H3,(H,24,25)/b12-5+,23-16?. The van der Waals surface area contributed by atoms with Crippen molar-refractivity contribution >= 4 is 56.8 Å². The Balaban J connectivity index is 2.04. The highest BCUT2D eigenvalue weighted by atomic mass is 35.6. The van der Waals surface area contributed by atoms with E-state index in [9.17, 15) is 13.2 Å². The summed E-state index contributed by atoms with van der Waals surface area (Å²) in [6.07, 6.45) is 5.80. The fourth-order valence-corrected chi connectivity index (χ4v) is 4.06. The number of carbonyl (C=O) groups excluding carboxylic acids is 1. The van der Waals surface area contributed by atoms with Gasteiger partial charge in [-0.05, 0) is 56.9 Å². The molecular weight excluding hydrogens is 475 g/mol. The maximum Gasteiger partial charge on any atom is 0.422 e. The number of alkyl halides is 3. The van der Waals surface area contributed by atoms with Crippen molar-refractivity contribution in [1.29, 1.82) is 5.41 Å². The predicted molar refractivity (Wildman–Crippen MR) is 117 cm³/mol. The van der Waals surface area contributed by atoms with Crippen molar-refractivity contribution in [3.05, 3.63) is 42.0 Å². The van der Waals surface area contributed by atoms with Crippen molar-refractivity contribution in [3.63, 3.8) is 0 Å². The van der Waals surface area contributed by atoms with E-state index in [0.717, 1.165) is 24.8 Å². The second-order valence-electron chi connectivity index (χ2n) is 6.97. The summed E-state index contributed by atoms with van der Waals surface area (Å²) >= 11 is 16.7. The predicted octanol–water partition coefficient (Wildman–Crippen LogP) is 5.03. The molecule has 0 saturated heterocycles. The van der Waals surface area contributed by atoms with E-state index in [4.69, 9.17) is 49.7 Å². The number of halogens is 3. The van der Waals surface area contributed by atoms with Gasteiger partial charge in [-0.15, -0.1) is 0 Å². The molecule has 1 saturated carbocycles. The molecule has 0 bridgehead atoms. The molecule has 1 aromatic rings. The summed E-state index contributed by atoms with van der Waals surface area (Å²) in [6, 6.07) is 6.11. The first-order valence-corrected chi connectivity index (χ1v) is 11.8. The molecule has 166 valence electrons. The molecule has 0 radical (unpaired) electrons. The van der Waals surface area contributed by atoms with Crippen LogP contribution in [0.15, 0.2) is 41.3 Å². The summed E-state index contributed by atoms with van der Waals surface area (Å²) < 4.78 is 35.4. The lowest BCUT2D eigenvalue weighted by atomic mass is 9.84. The normalized spacial score (nSPS) is 16.8. The SMILES string of the molecule is Cc1ccc(S(=O)(=O)NC(=O)OC2(/C=C/COC(=N)C(Cl)(Cl)Cl)CCCCC2)cc1. The lowest BCUT2D eigenvalue weighted by Crippen LogP contribution is -2.41. The molecule has 1 aliphatic carbocycles. The van der Waals surface area contributed by atoms with Gasteiger partial charge in [0, 0.05) is 0 Å². The van der Waals surface area contributed by atoms with E-state index in [1.54, 1.807) is 24.3 Å². The molecule has 1 amide bonds. The second-order valence-corrected chi connectivity index (χ2v) is 10.9. The Bertz CT molecular complexity index is 890. The van der Waals surface area contributed by atoms with Crippen LogP contribution in [-0.2, 0) is 19.5 Å². The highest BCUT2D eigenvalue weighted by molar-refractivity contribution is 7.90. The van der Waals surface area contributed by atoms with Crippen LogP contribution in [0.1, 0.15) is 37.7 Å². The van der Waals surface area contributed by atoms with E-state index in [1.165, 1.54) is 12.1 Å². The van der Waals surface area contributed by atoms with E-state index in [1.807, 2.05) is 11.6 Å². The van der Waals surface area contributed by atoms with Gasteiger partial charge < -0.3 is 9.47 Å². The number of rotatable bonds is 6.